The Morgan fingerprint density at radius 3 is 2.76 bits per heavy atom. The molecule has 0 aliphatic rings. The molecule has 3 rings (SSSR count). The summed E-state index contributed by atoms with van der Waals surface area (Å²) in [5, 5.41) is 4.22. The van der Waals surface area contributed by atoms with Gasteiger partial charge in [-0.25, -0.2) is 4.98 Å². The largest absolute Gasteiger partial charge is 0.421 e. The molecule has 21 heavy (non-hydrogen) atoms. The Kier molecular flexibility index (Phi) is 3.53. The minimum atomic E-state index is 0.0416. The average molecular weight is 306 g/mol. The molecule has 9 heteroatoms. The predicted molar refractivity (Wildman–Crippen MR) is 74.6 cm³/mol. The molecular weight excluding hydrogens is 294 g/mol. The molecule has 0 aromatic carbocycles. The second-order valence-electron chi connectivity index (χ2n) is 4.51. The normalized spacial score (nSPS) is 11.0. The first kappa shape index (κ1) is 13.5. The first-order valence-corrected chi connectivity index (χ1v) is 6.61. The Bertz CT molecular complexity index is 738. The molecule has 0 radical (unpaired) electrons. The molecule has 0 N–H and O–H groups in total. The number of ether oxygens (including phenoxy) is 1. The Labute approximate surface area is 125 Å². The molecule has 0 saturated carbocycles. The molecule has 0 aliphatic heterocycles. The van der Waals surface area contributed by atoms with Gasteiger partial charge in [-0.05, 0) is 25.4 Å². The summed E-state index contributed by atoms with van der Waals surface area (Å²) in [7, 11) is 0. The van der Waals surface area contributed by atoms with Crippen LogP contribution in [0.3, 0.4) is 0 Å². The van der Waals surface area contributed by atoms with Crippen LogP contribution in [-0.2, 0) is 0 Å². The van der Waals surface area contributed by atoms with Gasteiger partial charge in [-0.2, -0.15) is 20.1 Å². The number of aromatic nitrogens is 7. The molecule has 3 aromatic heterocycles. The number of hydrogen-bond acceptors (Lipinski definition) is 6. The highest BCUT2D eigenvalue weighted by molar-refractivity contribution is 6.28. The smallest absolute Gasteiger partial charge is 0.328 e. The summed E-state index contributed by atoms with van der Waals surface area (Å²) in [4.78, 5) is 16.1. The van der Waals surface area contributed by atoms with Crippen LogP contribution in [0.5, 0.6) is 11.8 Å². The third-order valence-electron chi connectivity index (χ3n) is 2.63. The lowest BCUT2D eigenvalue weighted by Crippen LogP contribution is -2.03. The maximum Gasteiger partial charge on any atom is 0.328 e. The Morgan fingerprint density at radius 1 is 1.24 bits per heavy atom. The monoisotopic (exact) mass is 305 g/mol. The number of halogens is 1. The second kappa shape index (κ2) is 5.49. The van der Waals surface area contributed by atoms with E-state index in [9.17, 15) is 0 Å². The van der Waals surface area contributed by atoms with Crippen LogP contribution in [0.1, 0.15) is 19.9 Å². The Hall–Kier alpha value is -2.48. The van der Waals surface area contributed by atoms with Crippen LogP contribution in [0.15, 0.2) is 31.1 Å². The van der Waals surface area contributed by atoms with E-state index in [1.54, 1.807) is 40.4 Å². The highest BCUT2D eigenvalue weighted by Crippen LogP contribution is 2.20. The van der Waals surface area contributed by atoms with Crippen molar-refractivity contribution in [1.29, 1.82) is 0 Å². The van der Waals surface area contributed by atoms with Gasteiger partial charge in [0.2, 0.25) is 11.2 Å². The van der Waals surface area contributed by atoms with E-state index < -0.39 is 0 Å². The molecule has 0 unspecified atom stereocenters. The fraction of sp³-hybridized carbons (Fsp3) is 0.250. The maximum atomic E-state index is 5.89. The molecule has 0 fully saturated rings. The first-order chi connectivity index (χ1) is 10.1. The summed E-state index contributed by atoms with van der Waals surface area (Å²) in [6.45, 7) is 4.04. The SMILES string of the molecule is CC(C)n1cc(Oc2nc(Cl)nc(-n3ccnc3)n2)cn1. The van der Waals surface area contributed by atoms with Gasteiger partial charge in [0.1, 0.15) is 6.33 Å². The van der Waals surface area contributed by atoms with Crippen molar-refractivity contribution in [3.8, 4) is 17.7 Å². The average Bonchev–Trinajstić information content (AvgIpc) is 3.08. The maximum absolute atomic E-state index is 5.89. The summed E-state index contributed by atoms with van der Waals surface area (Å²) in [5.74, 6) is 0.862. The molecule has 0 atom stereocenters. The van der Waals surface area contributed by atoms with Crippen LogP contribution >= 0.6 is 11.6 Å². The number of nitrogens with zero attached hydrogens (tertiary/aromatic N) is 7. The van der Waals surface area contributed by atoms with E-state index in [0.29, 0.717) is 11.7 Å². The minimum Gasteiger partial charge on any atom is -0.421 e. The van der Waals surface area contributed by atoms with Crippen molar-refractivity contribution in [3.05, 3.63) is 36.4 Å². The van der Waals surface area contributed by atoms with Crippen LogP contribution in [0.2, 0.25) is 5.28 Å². The fourth-order valence-corrected chi connectivity index (χ4v) is 1.77. The third-order valence-corrected chi connectivity index (χ3v) is 2.80. The van der Waals surface area contributed by atoms with Crippen LogP contribution in [0.25, 0.3) is 5.95 Å². The van der Waals surface area contributed by atoms with Crippen molar-refractivity contribution < 1.29 is 4.74 Å². The van der Waals surface area contributed by atoms with E-state index in [2.05, 4.69) is 25.0 Å². The summed E-state index contributed by atoms with van der Waals surface area (Å²) in [5.41, 5.74) is 0. The van der Waals surface area contributed by atoms with E-state index in [4.69, 9.17) is 16.3 Å². The Morgan fingerprint density at radius 2 is 2.10 bits per heavy atom. The summed E-state index contributed by atoms with van der Waals surface area (Å²) in [6.07, 6.45) is 8.23. The lowest BCUT2D eigenvalue weighted by molar-refractivity contribution is 0.435. The Balaban J connectivity index is 1.88. The highest BCUT2D eigenvalue weighted by Gasteiger charge is 2.10. The molecule has 0 spiro atoms. The van der Waals surface area contributed by atoms with E-state index in [0.717, 1.165) is 0 Å². The van der Waals surface area contributed by atoms with E-state index >= 15 is 0 Å². The molecule has 3 heterocycles. The number of hydrogen-bond donors (Lipinski definition) is 0. The highest BCUT2D eigenvalue weighted by atomic mass is 35.5. The standard InChI is InChI=1S/C12H12ClN7O/c1-8(2)20-6-9(5-15-20)21-12-17-10(13)16-11(18-12)19-4-3-14-7-19/h3-8H,1-2H3. The first-order valence-electron chi connectivity index (χ1n) is 6.24. The van der Waals surface area contributed by atoms with Crippen molar-refractivity contribution in [2.24, 2.45) is 0 Å². The van der Waals surface area contributed by atoms with Gasteiger partial charge in [0, 0.05) is 18.4 Å². The van der Waals surface area contributed by atoms with Gasteiger partial charge in [0.25, 0.3) is 0 Å². The van der Waals surface area contributed by atoms with Crippen molar-refractivity contribution in [2.75, 3.05) is 0 Å². The molecular formula is C12H12ClN7O. The summed E-state index contributed by atoms with van der Waals surface area (Å²) >= 11 is 5.89. The zero-order valence-electron chi connectivity index (χ0n) is 11.4. The minimum absolute atomic E-state index is 0.0416. The van der Waals surface area contributed by atoms with Gasteiger partial charge >= 0.3 is 6.01 Å². The molecule has 0 amide bonds. The van der Waals surface area contributed by atoms with Crippen LogP contribution in [-0.4, -0.2) is 34.3 Å². The van der Waals surface area contributed by atoms with Crippen molar-refractivity contribution in [2.45, 2.75) is 19.9 Å². The molecule has 3 aromatic rings. The van der Waals surface area contributed by atoms with Gasteiger partial charge in [-0.3, -0.25) is 9.25 Å². The van der Waals surface area contributed by atoms with Crippen molar-refractivity contribution in [3.63, 3.8) is 0 Å². The lowest BCUT2D eigenvalue weighted by atomic mass is 10.4. The van der Waals surface area contributed by atoms with Crippen molar-refractivity contribution >= 4 is 11.6 Å². The quantitative estimate of drug-likeness (QED) is 0.735. The summed E-state index contributed by atoms with van der Waals surface area (Å²) < 4.78 is 8.95. The van der Waals surface area contributed by atoms with E-state index in [1.165, 1.54) is 0 Å². The van der Waals surface area contributed by atoms with Gasteiger partial charge in [-0.15, -0.1) is 0 Å². The summed E-state index contributed by atoms with van der Waals surface area (Å²) in [6, 6.07) is 0.341. The zero-order chi connectivity index (χ0) is 14.8. The number of rotatable bonds is 4. The van der Waals surface area contributed by atoms with Crippen LogP contribution < -0.4 is 4.74 Å². The van der Waals surface area contributed by atoms with Crippen LogP contribution in [0.4, 0.5) is 0 Å². The van der Waals surface area contributed by atoms with Crippen molar-refractivity contribution in [1.82, 2.24) is 34.3 Å². The third kappa shape index (κ3) is 3.00. The molecule has 0 aliphatic carbocycles. The van der Waals surface area contributed by atoms with Gasteiger partial charge < -0.3 is 4.74 Å². The van der Waals surface area contributed by atoms with Crippen LogP contribution in [0, 0.1) is 0 Å². The van der Waals surface area contributed by atoms with E-state index in [-0.39, 0.29) is 17.3 Å². The molecule has 8 nitrogen and oxygen atoms in total. The molecule has 0 saturated heterocycles. The zero-order valence-corrected chi connectivity index (χ0v) is 12.1. The molecule has 0 bridgehead atoms. The fourth-order valence-electron chi connectivity index (χ4n) is 1.62. The predicted octanol–water partition coefficient (Wildman–Crippen LogP) is 2.28. The van der Waals surface area contributed by atoms with Gasteiger partial charge in [0.05, 0.1) is 12.4 Å². The lowest BCUT2D eigenvalue weighted by Gasteiger charge is -2.05. The topological polar surface area (TPSA) is 83.5 Å². The molecule has 108 valence electrons. The van der Waals surface area contributed by atoms with Gasteiger partial charge in [0.15, 0.2) is 5.75 Å². The van der Waals surface area contributed by atoms with E-state index in [1.807, 2.05) is 13.8 Å². The van der Waals surface area contributed by atoms with Gasteiger partial charge in [-0.1, -0.05) is 0 Å². The second-order valence-corrected chi connectivity index (χ2v) is 4.85. The number of imidazole rings is 1.